The van der Waals surface area contributed by atoms with Gasteiger partial charge in [-0.2, -0.15) is 5.26 Å². The standard InChI is InChI=1S/C14H19NO8/c1-7(20-8(2)16)13(22-10(4)18)14(23-11(5)19)12(6-15)21-9(3)17/h7,12-14H,1-5H3/t7-,12-,13+,14+/m1/s1. The Morgan fingerprint density at radius 3 is 1.48 bits per heavy atom. The maximum Gasteiger partial charge on any atom is 0.304 e. The molecule has 0 saturated heterocycles. The number of carbonyl (C=O) groups excluding carboxylic acids is 4. The Balaban J connectivity index is 5.63. The van der Waals surface area contributed by atoms with Crippen molar-refractivity contribution < 1.29 is 38.1 Å². The Bertz CT molecular complexity index is 509. The molecule has 23 heavy (non-hydrogen) atoms. The summed E-state index contributed by atoms with van der Waals surface area (Å²) in [7, 11) is 0. The summed E-state index contributed by atoms with van der Waals surface area (Å²) in [5, 5.41) is 9.14. The second-order valence-corrected chi connectivity index (χ2v) is 4.62. The third-order valence-corrected chi connectivity index (χ3v) is 2.46. The lowest BCUT2D eigenvalue weighted by Crippen LogP contribution is -2.50. The molecule has 0 N–H and O–H groups in total. The van der Waals surface area contributed by atoms with E-state index in [1.54, 1.807) is 6.07 Å². The third kappa shape index (κ3) is 7.80. The Hall–Kier alpha value is -2.63. The predicted molar refractivity (Wildman–Crippen MR) is 73.5 cm³/mol. The summed E-state index contributed by atoms with van der Waals surface area (Å²) in [5.74, 6) is -3.02. The quantitative estimate of drug-likeness (QED) is 0.476. The average molecular weight is 329 g/mol. The lowest BCUT2D eigenvalue weighted by molar-refractivity contribution is -0.192. The van der Waals surface area contributed by atoms with E-state index in [0.29, 0.717) is 0 Å². The van der Waals surface area contributed by atoms with Crippen molar-refractivity contribution in [2.45, 2.75) is 59.0 Å². The molecule has 0 aromatic carbocycles. The zero-order valence-electron chi connectivity index (χ0n) is 13.5. The molecule has 0 unspecified atom stereocenters. The van der Waals surface area contributed by atoms with Gasteiger partial charge in [-0.1, -0.05) is 0 Å². The van der Waals surface area contributed by atoms with E-state index in [9.17, 15) is 19.2 Å². The van der Waals surface area contributed by atoms with Crippen LogP contribution in [-0.4, -0.2) is 48.3 Å². The van der Waals surface area contributed by atoms with Gasteiger partial charge in [0.05, 0.1) is 0 Å². The molecule has 0 bridgehead atoms. The van der Waals surface area contributed by atoms with Gasteiger partial charge in [0.1, 0.15) is 12.2 Å². The van der Waals surface area contributed by atoms with E-state index >= 15 is 0 Å². The lowest BCUT2D eigenvalue weighted by atomic mass is 10.0. The second kappa shape index (κ2) is 9.40. The van der Waals surface area contributed by atoms with Crippen molar-refractivity contribution in [3.8, 4) is 6.07 Å². The van der Waals surface area contributed by atoms with Crippen LogP contribution in [0.4, 0.5) is 0 Å². The fourth-order valence-electron chi connectivity index (χ4n) is 1.79. The van der Waals surface area contributed by atoms with E-state index in [0.717, 1.165) is 27.7 Å². The van der Waals surface area contributed by atoms with Crippen LogP contribution in [-0.2, 0) is 38.1 Å². The Morgan fingerprint density at radius 2 is 1.13 bits per heavy atom. The van der Waals surface area contributed by atoms with Crippen molar-refractivity contribution in [3.63, 3.8) is 0 Å². The Labute approximate surface area is 133 Å². The molecule has 9 heteroatoms. The summed E-state index contributed by atoms with van der Waals surface area (Å²) in [6.45, 7) is 5.73. The molecule has 0 aromatic heterocycles. The summed E-state index contributed by atoms with van der Waals surface area (Å²) in [4.78, 5) is 44.7. The first kappa shape index (κ1) is 20.4. The molecule has 0 saturated carbocycles. The highest BCUT2D eigenvalue weighted by Gasteiger charge is 2.41. The van der Waals surface area contributed by atoms with Crippen molar-refractivity contribution in [3.05, 3.63) is 0 Å². The molecular formula is C14H19NO8. The highest BCUT2D eigenvalue weighted by atomic mass is 16.6. The first-order valence-electron chi connectivity index (χ1n) is 6.67. The lowest BCUT2D eigenvalue weighted by Gasteiger charge is -2.31. The van der Waals surface area contributed by atoms with Crippen molar-refractivity contribution >= 4 is 23.9 Å². The van der Waals surface area contributed by atoms with E-state index in [2.05, 4.69) is 0 Å². The molecule has 0 aliphatic carbocycles. The molecule has 0 radical (unpaired) electrons. The molecule has 0 spiro atoms. The molecule has 0 fully saturated rings. The van der Waals surface area contributed by atoms with E-state index in [-0.39, 0.29) is 0 Å². The van der Waals surface area contributed by atoms with Gasteiger partial charge in [-0.3, -0.25) is 19.2 Å². The van der Waals surface area contributed by atoms with E-state index in [1.807, 2.05) is 0 Å². The average Bonchev–Trinajstić information content (AvgIpc) is 2.38. The van der Waals surface area contributed by atoms with Crippen LogP contribution in [0.15, 0.2) is 0 Å². The van der Waals surface area contributed by atoms with Gasteiger partial charge in [-0.05, 0) is 6.92 Å². The summed E-state index contributed by atoms with van der Waals surface area (Å²) < 4.78 is 19.7. The smallest absolute Gasteiger partial charge is 0.304 e. The predicted octanol–water partition coefficient (Wildman–Crippen LogP) is 0.257. The van der Waals surface area contributed by atoms with Crippen molar-refractivity contribution in [2.75, 3.05) is 0 Å². The monoisotopic (exact) mass is 329 g/mol. The van der Waals surface area contributed by atoms with Gasteiger partial charge < -0.3 is 18.9 Å². The number of hydrogen-bond acceptors (Lipinski definition) is 9. The number of esters is 4. The minimum absolute atomic E-state index is 0.669. The topological polar surface area (TPSA) is 129 Å². The SMILES string of the molecule is CC(=O)O[C@H]([C@@H](OC(C)=O)[C@@H](C#N)OC(C)=O)[C@@H](C)OC(C)=O. The molecular weight excluding hydrogens is 310 g/mol. The van der Waals surface area contributed by atoms with Gasteiger partial charge in [-0.25, -0.2) is 0 Å². The van der Waals surface area contributed by atoms with Crippen LogP contribution in [0.5, 0.6) is 0 Å². The molecule has 0 aromatic rings. The van der Waals surface area contributed by atoms with Crippen LogP contribution >= 0.6 is 0 Å². The number of hydrogen-bond donors (Lipinski definition) is 0. The molecule has 0 aliphatic heterocycles. The zero-order valence-corrected chi connectivity index (χ0v) is 13.5. The maximum absolute atomic E-state index is 11.3. The second-order valence-electron chi connectivity index (χ2n) is 4.62. The Morgan fingerprint density at radius 1 is 0.739 bits per heavy atom. The summed E-state index contributed by atoms with van der Waals surface area (Å²) in [6.07, 6.45) is -5.38. The summed E-state index contributed by atoms with van der Waals surface area (Å²) >= 11 is 0. The van der Waals surface area contributed by atoms with Gasteiger partial charge in [0, 0.05) is 27.7 Å². The summed E-state index contributed by atoms with van der Waals surface area (Å²) in [6, 6.07) is 1.65. The van der Waals surface area contributed by atoms with Crippen molar-refractivity contribution in [1.82, 2.24) is 0 Å². The van der Waals surface area contributed by atoms with E-state index in [1.165, 1.54) is 6.92 Å². The largest absolute Gasteiger partial charge is 0.459 e. The highest BCUT2D eigenvalue weighted by Crippen LogP contribution is 2.18. The van der Waals surface area contributed by atoms with Gasteiger partial charge >= 0.3 is 23.9 Å². The first-order valence-corrected chi connectivity index (χ1v) is 6.67. The summed E-state index contributed by atoms with van der Waals surface area (Å²) in [5.41, 5.74) is 0. The van der Waals surface area contributed by atoms with Crippen LogP contribution in [0.25, 0.3) is 0 Å². The zero-order chi connectivity index (χ0) is 18.2. The molecule has 9 nitrogen and oxygen atoms in total. The van der Waals surface area contributed by atoms with Gasteiger partial charge in [0.2, 0.25) is 6.10 Å². The molecule has 128 valence electrons. The van der Waals surface area contributed by atoms with Crippen molar-refractivity contribution in [1.29, 1.82) is 5.26 Å². The minimum Gasteiger partial charge on any atom is -0.459 e. The fraction of sp³-hybridized carbons (Fsp3) is 0.643. The fourth-order valence-corrected chi connectivity index (χ4v) is 1.79. The number of rotatable bonds is 7. The number of carbonyl (C=O) groups is 4. The van der Waals surface area contributed by atoms with Crippen LogP contribution in [0.2, 0.25) is 0 Å². The third-order valence-electron chi connectivity index (χ3n) is 2.46. The van der Waals surface area contributed by atoms with Crippen molar-refractivity contribution in [2.24, 2.45) is 0 Å². The van der Waals surface area contributed by atoms with Gasteiger partial charge in [0.25, 0.3) is 0 Å². The van der Waals surface area contributed by atoms with E-state index < -0.39 is 48.3 Å². The van der Waals surface area contributed by atoms with Gasteiger partial charge in [-0.15, -0.1) is 0 Å². The minimum atomic E-state index is -1.54. The molecule has 0 rings (SSSR count). The first-order chi connectivity index (χ1) is 10.6. The van der Waals surface area contributed by atoms with Crippen LogP contribution in [0, 0.1) is 11.3 Å². The van der Waals surface area contributed by atoms with Crippen LogP contribution in [0.1, 0.15) is 34.6 Å². The maximum atomic E-state index is 11.3. The Kier molecular flexibility index (Phi) is 8.33. The molecule has 0 aliphatic rings. The molecule has 0 amide bonds. The van der Waals surface area contributed by atoms with Crippen LogP contribution in [0.3, 0.4) is 0 Å². The highest BCUT2D eigenvalue weighted by molar-refractivity contribution is 5.69. The normalized spacial score (nSPS) is 15.1. The number of nitriles is 1. The van der Waals surface area contributed by atoms with Crippen LogP contribution < -0.4 is 0 Å². The van der Waals surface area contributed by atoms with E-state index in [4.69, 9.17) is 24.2 Å². The number of ether oxygens (including phenoxy) is 4. The number of nitrogens with zero attached hydrogens (tertiary/aromatic N) is 1. The van der Waals surface area contributed by atoms with Gasteiger partial charge in [0.15, 0.2) is 12.2 Å². The molecule has 0 heterocycles. The molecule has 4 atom stereocenters.